The number of aromatic nitrogens is 4. The van der Waals surface area contributed by atoms with Crippen molar-refractivity contribution in [2.24, 2.45) is 0 Å². The Kier molecular flexibility index (Phi) is 4.83. The van der Waals surface area contributed by atoms with Crippen LogP contribution in [0, 0.1) is 0 Å². The zero-order valence-electron chi connectivity index (χ0n) is 14.5. The quantitative estimate of drug-likeness (QED) is 0.875. The molecule has 134 valence electrons. The molecule has 0 unspecified atom stereocenters. The van der Waals surface area contributed by atoms with E-state index in [1.807, 2.05) is 16.8 Å². The number of carbonyl (C=O) groups is 1. The molecule has 1 amide bonds. The van der Waals surface area contributed by atoms with Gasteiger partial charge in [-0.25, -0.2) is 4.68 Å². The standard InChI is InChI=1S/C18H26N6O/c25-18(21-17-8-10-20-24(17)15-5-1-2-6-15)13-23-11-3-4-14(12-23)16-7-9-19-22-16/h7-10,14-15H,1-6,11-13H2,(H,19,22)(H,21,25)/t14-/m1/s1. The van der Waals surface area contributed by atoms with Crippen LogP contribution in [0.25, 0.3) is 0 Å². The van der Waals surface area contributed by atoms with Crippen molar-refractivity contribution in [3.63, 3.8) is 0 Å². The first-order chi connectivity index (χ1) is 12.3. The maximum Gasteiger partial charge on any atom is 0.239 e. The van der Waals surface area contributed by atoms with Gasteiger partial charge in [0.1, 0.15) is 5.82 Å². The molecule has 0 bridgehead atoms. The van der Waals surface area contributed by atoms with E-state index >= 15 is 0 Å². The van der Waals surface area contributed by atoms with Crippen LogP contribution in [-0.2, 0) is 4.79 Å². The number of amides is 1. The van der Waals surface area contributed by atoms with Gasteiger partial charge in [-0.1, -0.05) is 12.8 Å². The molecule has 7 nitrogen and oxygen atoms in total. The first-order valence-corrected chi connectivity index (χ1v) is 9.34. The number of anilines is 1. The fourth-order valence-electron chi connectivity index (χ4n) is 4.19. The smallest absolute Gasteiger partial charge is 0.239 e. The lowest BCUT2D eigenvalue weighted by molar-refractivity contribution is -0.117. The highest BCUT2D eigenvalue weighted by molar-refractivity contribution is 5.91. The molecule has 3 heterocycles. The van der Waals surface area contributed by atoms with Crippen LogP contribution in [0.1, 0.15) is 56.2 Å². The van der Waals surface area contributed by atoms with E-state index in [1.54, 1.807) is 12.4 Å². The van der Waals surface area contributed by atoms with Gasteiger partial charge in [0, 0.05) is 30.4 Å². The second-order valence-corrected chi connectivity index (χ2v) is 7.23. The summed E-state index contributed by atoms with van der Waals surface area (Å²) in [6, 6.07) is 4.37. The van der Waals surface area contributed by atoms with Crippen molar-refractivity contribution in [3.8, 4) is 0 Å². The molecule has 2 N–H and O–H groups in total. The molecule has 25 heavy (non-hydrogen) atoms. The SMILES string of the molecule is O=C(CN1CCC[C@@H](c2ccn[nH]2)C1)Nc1ccnn1C1CCCC1. The number of nitrogens with zero attached hydrogens (tertiary/aromatic N) is 4. The van der Waals surface area contributed by atoms with Crippen LogP contribution in [0.2, 0.25) is 0 Å². The normalized spacial score (nSPS) is 22.3. The molecule has 1 aliphatic heterocycles. The van der Waals surface area contributed by atoms with E-state index in [0.717, 1.165) is 44.6 Å². The molecule has 7 heteroatoms. The molecular weight excluding hydrogens is 316 g/mol. The van der Waals surface area contributed by atoms with Gasteiger partial charge < -0.3 is 5.32 Å². The Morgan fingerprint density at radius 1 is 1.20 bits per heavy atom. The van der Waals surface area contributed by atoms with E-state index in [0.29, 0.717) is 18.5 Å². The van der Waals surface area contributed by atoms with Crippen molar-refractivity contribution in [3.05, 3.63) is 30.2 Å². The topological polar surface area (TPSA) is 78.8 Å². The minimum absolute atomic E-state index is 0.0463. The molecule has 2 aromatic heterocycles. The Morgan fingerprint density at radius 2 is 2.08 bits per heavy atom. The highest BCUT2D eigenvalue weighted by atomic mass is 16.2. The second-order valence-electron chi connectivity index (χ2n) is 7.23. The molecule has 1 saturated carbocycles. The van der Waals surface area contributed by atoms with Gasteiger partial charge in [0.15, 0.2) is 0 Å². The number of likely N-dealkylation sites (tertiary alicyclic amines) is 1. The number of H-pyrrole nitrogens is 1. The fraction of sp³-hybridized carbons (Fsp3) is 0.611. The number of aromatic amines is 1. The summed E-state index contributed by atoms with van der Waals surface area (Å²) in [6.45, 7) is 2.30. The van der Waals surface area contributed by atoms with Gasteiger partial charge in [-0.3, -0.25) is 14.8 Å². The molecule has 1 atom stereocenters. The van der Waals surface area contributed by atoms with Crippen LogP contribution >= 0.6 is 0 Å². The third-order valence-electron chi connectivity index (χ3n) is 5.44. The first-order valence-electron chi connectivity index (χ1n) is 9.34. The third-order valence-corrected chi connectivity index (χ3v) is 5.44. The number of nitrogens with one attached hydrogen (secondary N) is 2. The van der Waals surface area contributed by atoms with E-state index in [2.05, 4.69) is 25.5 Å². The lowest BCUT2D eigenvalue weighted by Gasteiger charge is -2.31. The summed E-state index contributed by atoms with van der Waals surface area (Å²) in [5.74, 6) is 1.32. The molecule has 1 saturated heterocycles. The van der Waals surface area contributed by atoms with E-state index in [-0.39, 0.29) is 5.91 Å². The van der Waals surface area contributed by atoms with Gasteiger partial charge in [-0.05, 0) is 38.3 Å². The van der Waals surface area contributed by atoms with Crippen molar-refractivity contribution in [2.45, 2.75) is 50.5 Å². The average Bonchev–Trinajstić information content (AvgIpc) is 3.37. The molecular formula is C18H26N6O. The number of hydrogen-bond donors (Lipinski definition) is 2. The molecule has 2 aromatic rings. The lowest BCUT2D eigenvalue weighted by Crippen LogP contribution is -2.40. The highest BCUT2D eigenvalue weighted by Gasteiger charge is 2.25. The van der Waals surface area contributed by atoms with E-state index < -0.39 is 0 Å². The Bertz CT molecular complexity index is 688. The van der Waals surface area contributed by atoms with Crippen molar-refractivity contribution < 1.29 is 4.79 Å². The number of piperidine rings is 1. The predicted octanol–water partition coefficient (Wildman–Crippen LogP) is 2.54. The van der Waals surface area contributed by atoms with Gasteiger partial charge in [0.25, 0.3) is 0 Å². The highest BCUT2D eigenvalue weighted by Crippen LogP contribution is 2.31. The summed E-state index contributed by atoms with van der Waals surface area (Å²) in [7, 11) is 0. The van der Waals surface area contributed by atoms with Crippen LogP contribution in [0.15, 0.2) is 24.5 Å². The molecule has 2 aliphatic rings. The molecule has 0 radical (unpaired) electrons. The van der Waals surface area contributed by atoms with Gasteiger partial charge in [-0.2, -0.15) is 10.2 Å². The largest absolute Gasteiger partial charge is 0.310 e. The maximum absolute atomic E-state index is 12.5. The maximum atomic E-state index is 12.5. The zero-order chi connectivity index (χ0) is 17.1. The summed E-state index contributed by atoms with van der Waals surface area (Å²) in [4.78, 5) is 14.8. The minimum atomic E-state index is 0.0463. The summed E-state index contributed by atoms with van der Waals surface area (Å²) >= 11 is 0. The van der Waals surface area contributed by atoms with Crippen molar-refractivity contribution in [1.82, 2.24) is 24.9 Å². The summed E-state index contributed by atoms with van der Waals surface area (Å²) in [6.07, 6.45) is 10.6. The monoisotopic (exact) mass is 342 g/mol. The molecule has 0 spiro atoms. The van der Waals surface area contributed by atoms with Gasteiger partial charge in [-0.15, -0.1) is 0 Å². The first kappa shape index (κ1) is 16.3. The Hall–Kier alpha value is -2.15. The third kappa shape index (κ3) is 3.76. The number of rotatable bonds is 5. The van der Waals surface area contributed by atoms with E-state index in [4.69, 9.17) is 0 Å². The number of carbonyl (C=O) groups excluding carboxylic acids is 1. The van der Waals surface area contributed by atoms with Crippen LogP contribution < -0.4 is 5.32 Å². The summed E-state index contributed by atoms with van der Waals surface area (Å²) in [5, 5.41) is 14.6. The van der Waals surface area contributed by atoms with E-state index in [9.17, 15) is 4.79 Å². The van der Waals surface area contributed by atoms with Crippen LogP contribution in [0.4, 0.5) is 5.82 Å². The zero-order valence-corrected chi connectivity index (χ0v) is 14.5. The average molecular weight is 342 g/mol. The van der Waals surface area contributed by atoms with Crippen LogP contribution in [0.5, 0.6) is 0 Å². The van der Waals surface area contributed by atoms with Crippen molar-refractivity contribution in [1.29, 1.82) is 0 Å². The van der Waals surface area contributed by atoms with Crippen molar-refractivity contribution >= 4 is 11.7 Å². The summed E-state index contributed by atoms with van der Waals surface area (Å²) < 4.78 is 1.99. The van der Waals surface area contributed by atoms with Crippen LogP contribution in [-0.4, -0.2) is 50.4 Å². The molecule has 2 fully saturated rings. The van der Waals surface area contributed by atoms with Gasteiger partial charge >= 0.3 is 0 Å². The second kappa shape index (κ2) is 7.39. The Balaban J connectivity index is 1.34. The Labute approximate surface area is 147 Å². The summed E-state index contributed by atoms with van der Waals surface area (Å²) in [5.41, 5.74) is 1.17. The Morgan fingerprint density at radius 3 is 2.88 bits per heavy atom. The molecule has 4 rings (SSSR count). The fourth-order valence-corrected chi connectivity index (χ4v) is 4.19. The lowest BCUT2D eigenvalue weighted by atomic mass is 9.95. The number of hydrogen-bond acceptors (Lipinski definition) is 4. The molecule has 1 aliphatic carbocycles. The van der Waals surface area contributed by atoms with Crippen molar-refractivity contribution in [2.75, 3.05) is 25.0 Å². The predicted molar refractivity (Wildman–Crippen MR) is 95.4 cm³/mol. The molecule has 0 aromatic carbocycles. The minimum Gasteiger partial charge on any atom is -0.310 e. The van der Waals surface area contributed by atoms with Gasteiger partial charge in [0.05, 0.1) is 18.8 Å². The van der Waals surface area contributed by atoms with Crippen LogP contribution in [0.3, 0.4) is 0 Å². The van der Waals surface area contributed by atoms with E-state index in [1.165, 1.54) is 18.5 Å². The van der Waals surface area contributed by atoms with Gasteiger partial charge in [0.2, 0.25) is 5.91 Å².